The van der Waals surface area contributed by atoms with Crippen molar-refractivity contribution in [3.63, 3.8) is 0 Å². The number of halogens is 4. The maximum absolute atomic E-state index is 12.2. The van der Waals surface area contributed by atoms with Crippen molar-refractivity contribution in [1.82, 2.24) is 0 Å². The van der Waals surface area contributed by atoms with Crippen LogP contribution in [0, 0.1) is 0 Å². The number of hydrogen-bond acceptors (Lipinski definition) is 1. The molecular weight excluding hydrogens is 229 g/mol. The van der Waals surface area contributed by atoms with Gasteiger partial charge in [-0.25, -0.2) is 0 Å². The first kappa shape index (κ1) is 12.1. The second kappa shape index (κ2) is 4.24. The van der Waals surface area contributed by atoms with E-state index in [2.05, 4.69) is 6.58 Å². The Morgan fingerprint density at radius 2 is 1.73 bits per heavy atom. The minimum atomic E-state index is -4.60. The molecule has 0 radical (unpaired) electrons. The molecule has 0 heterocycles. The van der Waals surface area contributed by atoms with Gasteiger partial charge in [0.2, 0.25) is 0 Å². The summed E-state index contributed by atoms with van der Waals surface area (Å²) in [6.07, 6.45) is -6.35. The number of rotatable bonds is 2. The fourth-order valence-corrected chi connectivity index (χ4v) is 1.13. The Morgan fingerprint density at radius 3 is 2.13 bits per heavy atom. The van der Waals surface area contributed by atoms with Gasteiger partial charge in [0, 0.05) is 5.02 Å². The van der Waals surface area contributed by atoms with Crippen molar-refractivity contribution in [2.24, 2.45) is 0 Å². The minimum Gasteiger partial charge on any atom is -0.384 e. The van der Waals surface area contributed by atoms with Crippen LogP contribution in [0.5, 0.6) is 0 Å². The molecule has 0 fully saturated rings. The normalized spacial score (nSPS) is 13.7. The highest BCUT2D eigenvalue weighted by Gasteiger charge is 2.36. The summed E-state index contributed by atoms with van der Waals surface area (Å²) in [7, 11) is 0. The molecule has 0 aliphatic rings. The predicted octanol–water partition coefficient (Wildman–Crippen LogP) is 3.49. The molecule has 5 heteroatoms. The molecule has 1 atom stereocenters. The van der Waals surface area contributed by atoms with Crippen molar-refractivity contribution >= 4 is 11.6 Å². The van der Waals surface area contributed by atoms with Crippen LogP contribution in [0.1, 0.15) is 11.7 Å². The molecule has 82 valence electrons. The average molecular weight is 237 g/mol. The lowest BCUT2D eigenvalue weighted by Crippen LogP contribution is -2.17. The second-order valence-electron chi connectivity index (χ2n) is 2.98. The van der Waals surface area contributed by atoms with Gasteiger partial charge in [0.1, 0.15) is 6.10 Å². The second-order valence-corrected chi connectivity index (χ2v) is 3.41. The van der Waals surface area contributed by atoms with Crippen LogP contribution in [-0.4, -0.2) is 11.3 Å². The lowest BCUT2D eigenvalue weighted by atomic mass is 10.0. The van der Waals surface area contributed by atoms with E-state index in [4.69, 9.17) is 11.6 Å². The lowest BCUT2D eigenvalue weighted by Gasteiger charge is -2.16. The fourth-order valence-electron chi connectivity index (χ4n) is 1.00. The monoisotopic (exact) mass is 236 g/mol. The lowest BCUT2D eigenvalue weighted by molar-refractivity contribution is -0.105. The van der Waals surface area contributed by atoms with E-state index in [1.807, 2.05) is 0 Å². The first-order chi connectivity index (χ1) is 6.82. The molecule has 0 aliphatic carbocycles. The number of alkyl halides is 3. The van der Waals surface area contributed by atoms with E-state index in [0.29, 0.717) is 5.02 Å². The van der Waals surface area contributed by atoms with Crippen LogP contribution >= 0.6 is 11.6 Å². The zero-order valence-corrected chi connectivity index (χ0v) is 8.31. The van der Waals surface area contributed by atoms with Crippen LogP contribution in [-0.2, 0) is 0 Å². The number of aliphatic hydroxyl groups is 1. The summed E-state index contributed by atoms with van der Waals surface area (Å²) in [5, 5.41) is 9.75. The van der Waals surface area contributed by atoms with E-state index >= 15 is 0 Å². The first-order valence-electron chi connectivity index (χ1n) is 4.02. The third kappa shape index (κ3) is 2.97. The highest BCUT2D eigenvalue weighted by Crippen LogP contribution is 2.34. The molecule has 1 N–H and O–H groups in total. The first-order valence-corrected chi connectivity index (χ1v) is 4.39. The molecule has 0 saturated heterocycles. The van der Waals surface area contributed by atoms with Crippen molar-refractivity contribution in [3.8, 4) is 0 Å². The topological polar surface area (TPSA) is 20.2 Å². The summed E-state index contributed by atoms with van der Waals surface area (Å²) >= 11 is 5.56. The van der Waals surface area contributed by atoms with Gasteiger partial charge in [0.15, 0.2) is 0 Å². The van der Waals surface area contributed by atoms with Crippen LogP contribution in [0.3, 0.4) is 0 Å². The molecule has 0 saturated carbocycles. The van der Waals surface area contributed by atoms with Crippen molar-refractivity contribution in [3.05, 3.63) is 47.0 Å². The van der Waals surface area contributed by atoms with E-state index < -0.39 is 17.9 Å². The van der Waals surface area contributed by atoms with Gasteiger partial charge >= 0.3 is 6.18 Å². The molecule has 0 spiro atoms. The Hall–Kier alpha value is -1.00. The average Bonchev–Trinajstić information content (AvgIpc) is 2.15. The number of aliphatic hydroxyl groups excluding tert-OH is 1. The van der Waals surface area contributed by atoms with E-state index in [1.54, 1.807) is 0 Å². The zero-order chi connectivity index (χ0) is 11.6. The summed E-state index contributed by atoms with van der Waals surface area (Å²) in [4.78, 5) is 0. The van der Waals surface area contributed by atoms with Crippen LogP contribution in [0.4, 0.5) is 13.2 Å². The van der Waals surface area contributed by atoms with Crippen molar-refractivity contribution < 1.29 is 18.3 Å². The zero-order valence-electron chi connectivity index (χ0n) is 7.55. The molecule has 1 nitrogen and oxygen atoms in total. The van der Waals surface area contributed by atoms with Gasteiger partial charge in [-0.15, -0.1) is 0 Å². The van der Waals surface area contributed by atoms with E-state index in [1.165, 1.54) is 24.3 Å². The third-order valence-electron chi connectivity index (χ3n) is 1.88. The van der Waals surface area contributed by atoms with E-state index in [9.17, 15) is 18.3 Å². The Balaban J connectivity index is 2.90. The Morgan fingerprint density at radius 1 is 1.27 bits per heavy atom. The molecular formula is C10H8ClF3O. The third-order valence-corrected chi connectivity index (χ3v) is 2.13. The molecule has 1 unspecified atom stereocenters. The highest BCUT2D eigenvalue weighted by molar-refractivity contribution is 6.30. The summed E-state index contributed by atoms with van der Waals surface area (Å²) in [6, 6.07) is 5.46. The van der Waals surface area contributed by atoms with Crippen molar-refractivity contribution in [2.75, 3.05) is 0 Å². The summed E-state index contributed by atoms with van der Waals surface area (Å²) in [5.74, 6) is 0. The van der Waals surface area contributed by atoms with Gasteiger partial charge in [-0.1, -0.05) is 30.3 Å². The van der Waals surface area contributed by atoms with Gasteiger partial charge in [0.25, 0.3) is 0 Å². The standard InChI is InChI=1S/C10H8ClF3O/c1-6(10(12,13)14)9(15)7-2-4-8(11)5-3-7/h2-5,9,15H,1H2. The Labute approximate surface area is 89.8 Å². The molecule has 0 bridgehead atoms. The Kier molecular flexibility index (Phi) is 3.42. The molecule has 1 rings (SSSR count). The van der Waals surface area contributed by atoms with E-state index in [0.717, 1.165) is 0 Å². The van der Waals surface area contributed by atoms with Crippen LogP contribution in [0.2, 0.25) is 5.02 Å². The molecule has 0 aromatic heterocycles. The van der Waals surface area contributed by atoms with Crippen molar-refractivity contribution in [1.29, 1.82) is 0 Å². The van der Waals surface area contributed by atoms with Crippen molar-refractivity contribution in [2.45, 2.75) is 12.3 Å². The molecule has 0 aliphatic heterocycles. The van der Waals surface area contributed by atoms with Gasteiger partial charge in [-0.3, -0.25) is 0 Å². The van der Waals surface area contributed by atoms with Gasteiger partial charge in [0.05, 0.1) is 5.57 Å². The summed E-state index contributed by atoms with van der Waals surface area (Å²) < 4.78 is 36.5. The van der Waals surface area contributed by atoms with Gasteiger partial charge in [-0.2, -0.15) is 13.2 Å². The largest absolute Gasteiger partial charge is 0.414 e. The molecule has 1 aromatic carbocycles. The fraction of sp³-hybridized carbons (Fsp3) is 0.200. The maximum atomic E-state index is 12.2. The SMILES string of the molecule is C=C(C(O)c1ccc(Cl)cc1)C(F)(F)F. The van der Waals surface area contributed by atoms with Crippen LogP contribution in [0.15, 0.2) is 36.4 Å². The van der Waals surface area contributed by atoms with Gasteiger partial charge < -0.3 is 5.11 Å². The number of hydrogen-bond donors (Lipinski definition) is 1. The smallest absolute Gasteiger partial charge is 0.384 e. The Bertz CT molecular complexity index is 356. The summed E-state index contributed by atoms with van der Waals surface area (Å²) in [6.45, 7) is 2.82. The maximum Gasteiger partial charge on any atom is 0.414 e. The predicted molar refractivity (Wildman–Crippen MR) is 51.6 cm³/mol. The van der Waals surface area contributed by atoms with Crippen LogP contribution in [0.25, 0.3) is 0 Å². The quantitative estimate of drug-likeness (QED) is 0.780. The molecule has 0 amide bonds. The van der Waals surface area contributed by atoms with Gasteiger partial charge in [-0.05, 0) is 17.7 Å². The summed E-state index contributed by atoms with van der Waals surface area (Å²) in [5.41, 5.74) is -1.08. The highest BCUT2D eigenvalue weighted by atomic mass is 35.5. The molecule has 1 aromatic rings. The molecule has 15 heavy (non-hydrogen) atoms. The van der Waals surface area contributed by atoms with Crippen LogP contribution < -0.4 is 0 Å². The van der Waals surface area contributed by atoms with E-state index in [-0.39, 0.29) is 5.56 Å². The minimum absolute atomic E-state index is 0.113. The number of benzene rings is 1.